The van der Waals surface area contributed by atoms with Gasteiger partial charge in [-0.25, -0.2) is 8.42 Å². The van der Waals surface area contributed by atoms with Crippen molar-refractivity contribution in [2.75, 3.05) is 30.2 Å². The first-order valence-electron chi connectivity index (χ1n) is 5.43. The molecule has 0 fully saturated rings. The van der Waals surface area contributed by atoms with E-state index < -0.39 is 15.2 Å². The van der Waals surface area contributed by atoms with Crippen LogP contribution in [0.3, 0.4) is 0 Å². The van der Waals surface area contributed by atoms with E-state index in [-0.39, 0.29) is 17.2 Å². The Bertz CT molecular complexity index is 533. The standard InChI is InChI=1S/C11H15ClN2O4S/c1-18-7-6-13-11(15)9-4-2-3-5-10(9)14-19(16,17)8-12/h2-5,14H,6-8H2,1H3,(H,13,15). The molecule has 0 aliphatic rings. The fourth-order valence-electron chi connectivity index (χ4n) is 1.33. The van der Waals surface area contributed by atoms with Gasteiger partial charge in [0.2, 0.25) is 10.0 Å². The molecule has 1 rings (SSSR count). The Kier molecular flexibility index (Phi) is 6.07. The number of carbonyl (C=O) groups is 1. The summed E-state index contributed by atoms with van der Waals surface area (Å²) in [5, 5.41) is 2.04. The number of hydrogen-bond donors (Lipinski definition) is 2. The number of nitrogens with one attached hydrogen (secondary N) is 2. The van der Waals surface area contributed by atoms with Crippen LogP contribution in [0.25, 0.3) is 0 Å². The van der Waals surface area contributed by atoms with Crippen molar-refractivity contribution in [2.24, 2.45) is 0 Å². The Morgan fingerprint density at radius 3 is 2.68 bits per heavy atom. The van der Waals surface area contributed by atoms with Crippen LogP contribution in [-0.2, 0) is 14.8 Å². The van der Waals surface area contributed by atoms with Gasteiger partial charge in [-0.1, -0.05) is 12.1 Å². The van der Waals surface area contributed by atoms with Gasteiger partial charge in [0, 0.05) is 13.7 Å². The van der Waals surface area contributed by atoms with Crippen molar-refractivity contribution >= 4 is 33.2 Å². The summed E-state index contributed by atoms with van der Waals surface area (Å²) < 4.78 is 29.9. The molecule has 0 bridgehead atoms. The number of benzene rings is 1. The maximum absolute atomic E-state index is 11.9. The summed E-state index contributed by atoms with van der Waals surface area (Å²) in [6, 6.07) is 6.28. The van der Waals surface area contributed by atoms with Gasteiger partial charge in [-0.2, -0.15) is 0 Å². The molecule has 0 spiro atoms. The highest BCUT2D eigenvalue weighted by Gasteiger charge is 2.15. The van der Waals surface area contributed by atoms with E-state index in [1.165, 1.54) is 19.2 Å². The second kappa shape index (κ2) is 7.32. The van der Waals surface area contributed by atoms with Crippen LogP contribution in [0, 0.1) is 0 Å². The van der Waals surface area contributed by atoms with Crippen molar-refractivity contribution in [3.8, 4) is 0 Å². The van der Waals surface area contributed by atoms with Gasteiger partial charge in [0.1, 0.15) is 5.21 Å². The molecule has 0 atom stereocenters. The molecule has 2 N–H and O–H groups in total. The molecule has 0 heterocycles. The van der Waals surface area contributed by atoms with Gasteiger partial charge in [0.05, 0.1) is 17.9 Å². The number of para-hydroxylation sites is 1. The van der Waals surface area contributed by atoms with Gasteiger partial charge in [0.25, 0.3) is 5.91 Å². The smallest absolute Gasteiger partial charge is 0.253 e. The molecule has 0 saturated heterocycles. The zero-order valence-corrected chi connectivity index (χ0v) is 11.9. The summed E-state index contributed by atoms with van der Waals surface area (Å²) in [6.45, 7) is 0.716. The number of alkyl halides is 1. The lowest BCUT2D eigenvalue weighted by Crippen LogP contribution is -2.28. The average molecular weight is 307 g/mol. The number of ether oxygens (including phenoxy) is 1. The number of hydrogen-bond acceptors (Lipinski definition) is 4. The highest BCUT2D eigenvalue weighted by atomic mass is 35.5. The molecule has 106 valence electrons. The molecule has 1 aromatic carbocycles. The molecule has 19 heavy (non-hydrogen) atoms. The van der Waals surface area contributed by atoms with Crippen molar-refractivity contribution in [1.29, 1.82) is 0 Å². The molecular weight excluding hydrogens is 292 g/mol. The highest BCUT2D eigenvalue weighted by molar-refractivity contribution is 7.93. The van der Waals surface area contributed by atoms with E-state index in [1.807, 2.05) is 0 Å². The summed E-state index contributed by atoms with van der Waals surface area (Å²) in [4.78, 5) is 11.9. The number of anilines is 1. The minimum atomic E-state index is -3.64. The summed E-state index contributed by atoms with van der Waals surface area (Å²) in [7, 11) is -2.12. The summed E-state index contributed by atoms with van der Waals surface area (Å²) in [5.41, 5.74) is 0.422. The quantitative estimate of drug-likeness (QED) is 0.581. The van der Waals surface area contributed by atoms with E-state index >= 15 is 0 Å². The van der Waals surface area contributed by atoms with Crippen molar-refractivity contribution < 1.29 is 17.9 Å². The molecule has 0 aliphatic heterocycles. The molecule has 0 aliphatic carbocycles. The van der Waals surface area contributed by atoms with Crippen LogP contribution in [0.5, 0.6) is 0 Å². The number of amides is 1. The third kappa shape index (κ3) is 5.06. The van der Waals surface area contributed by atoms with E-state index in [1.54, 1.807) is 12.1 Å². The van der Waals surface area contributed by atoms with Crippen LogP contribution < -0.4 is 10.0 Å². The number of sulfonamides is 1. The normalized spacial score (nSPS) is 11.1. The van der Waals surface area contributed by atoms with Gasteiger partial charge in [0.15, 0.2) is 0 Å². The first-order valence-corrected chi connectivity index (χ1v) is 7.61. The van der Waals surface area contributed by atoms with Gasteiger partial charge in [-0.05, 0) is 12.1 Å². The van der Waals surface area contributed by atoms with Crippen LogP contribution in [0.1, 0.15) is 10.4 Å². The second-order valence-electron chi connectivity index (χ2n) is 3.62. The van der Waals surface area contributed by atoms with Crippen molar-refractivity contribution in [1.82, 2.24) is 5.32 Å². The molecule has 0 aromatic heterocycles. The first kappa shape index (κ1) is 15.7. The van der Waals surface area contributed by atoms with Crippen molar-refractivity contribution in [3.63, 3.8) is 0 Å². The van der Waals surface area contributed by atoms with Crippen LogP contribution >= 0.6 is 11.6 Å². The Morgan fingerprint density at radius 2 is 2.05 bits per heavy atom. The zero-order valence-electron chi connectivity index (χ0n) is 10.3. The van der Waals surface area contributed by atoms with Gasteiger partial charge in [-0.15, -0.1) is 11.6 Å². The minimum absolute atomic E-state index is 0.193. The molecule has 1 aromatic rings. The third-order valence-electron chi connectivity index (χ3n) is 2.17. The fourth-order valence-corrected chi connectivity index (χ4v) is 2.06. The fraction of sp³-hybridized carbons (Fsp3) is 0.364. The Morgan fingerprint density at radius 1 is 1.37 bits per heavy atom. The molecule has 6 nitrogen and oxygen atoms in total. The molecule has 0 unspecified atom stereocenters. The van der Waals surface area contributed by atoms with E-state index in [9.17, 15) is 13.2 Å². The molecule has 0 saturated carbocycles. The van der Waals surface area contributed by atoms with Crippen molar-refractivity contribution in [3.05, 3.63) is 29.8 Å². The summed E-state index contributed by atoms with van der Waals surface area (Å²) >= 11 is 5.31. The molecular formula is C11H15ClN2O4S. The minimum Gasteiger partial charge on any atom is -0.383 e. The number of carbonyl (C=O) groups excluding carboxylic acids is 1. The number of rotatable bonds is 7. The Hall–Kier alpha value is -1.31. The van der Waals surface area contributed by atoms with E-state index in [2.05, 4.69) is 10.0 Å². The topological polar surface area (TPSA) is 84.5 Å². The third-order valence-corrected chi connectivity index (χ3v) is 3.85. The van der Waals surface area contributed by atoms with Gasteiger partial charge in [-0.3, -0.25) is 9.52 Å². The lowest BCUT2D eigenvalue weighted by atomic mass is 10.2. The van der Waals surface area contributed by atoms with Crippen molar-refractivity contribution in [2.45, 2.75) is 0 Å². The summed E-state index contributed by atoms with van der Waals surface area (Å²) in [6.07, 6.45) is 0. The Labute approximate surface area is 117 Å². The second-order valence-corrected chi connectivity index (χ2v) is 5.93. The highest BCUT2D eigenvalue weighted by Crippen LogP contribution is 2.16. The lowest BCUT2D eigenvalue weighted by molar-refractivity contribution is 0.0938. The van der Waals surface area contributed by atoms with Crippen LogP contribution in [-0.4, -0.2) is 39.8 Å². The van der Waals surface area contributed by atoms with Crippen LogP contribution in [0.15, 0.2) is 24.3 Å². The number of methoxy groups -OCH3 is 1. The van der Waals surface area contributed by atoms with Gasteiger partial charge >= 0.3 is 0 Å². The van der Waals surface area contributed by atoms with Gasteiger partial charge < -0.3 is 10.1 Å². The monoisotopic (exact) mass is 306 g/mol. The molecule has 8 heteroatoms. The largest absolute Gasteiger partial charge is 0.383 e. The average Bonchev–Trinajstić information content (AvgIpc) is 2.39. The maximum atomic E-state index is 11.9. The zero-order chi connectivity index (χ0) is 14.3. The van der Waals surface area contributed by atoms with E-state index in [0.29, 0.717) is 13.2 Å². The van der Waals surface area contributed by atoms with E-state index in [0.717, 1.165) is 0 Å². The summed E-state index contributed by atoms with van der Waals surface area (Å²) in [5.74, 6) is -0.384. The molecule has 0 radical (unpaired) electrons. The predicted octanol–water partition coefficient (Wildman–Crippen LogP) is 1.00. The van der Waals surface area contributed by atoms with Crippen LogP contribution in [0.4, 0.5) is 5.69 Å². The molecule has 1 amide bonds. The van der Waals surface area contributed by atoms with Crippen LogP contribution in [0.2, 0.25) is 0 Å². The lowest BCUT2D eigenvalue weighted by Gasteiger charge is -2.11. The van der Waals surface area contributed by atoms with E-state index in [4.69, 9.17) is 16.3 Å². The SMILES string of the molecule is COCCNC(=O)c1ccccc1NS(=O)(=O)CCl. The maximum Gasteiger partial charge on any atom is 0.253 e. The Balaban J connectivity index is 2.87. The number of halogens is 1. The first-order chi connectivity index (χ1) is 9.00. The predicted molar refractivity (Wildman–Crippen MR) is 73.9 cm³/mol.